The summed E-state index contributed by atoms with van der Waals surface area (Å²) in [6.07, 6.45) is 0. The lowest BCUT2D eigenvalue weighted by atomic mass is 9.66. The van der Waals surface area contributed by atoms with Crippen molar-refractivity contribution in [1.82, 2.24) is 0 Å². The number of fused-ring (bicyclic) bond motifs is 11. The van der Waals surface area contributed by atoms with E-state index < -0.39 is 5.41 Å². The minimum atomic E-state index is -0.579. The van der Waals surface area contributed by atoms with Gasteiger partial charge in [0.25, 0.3) is 0 Å². The van der Waals surface area contributed by atoms with Crippen LogP contribution < -0.4 is 9.64 Å². The van der Waals surface area contributed by atoms with Crippen LogP contribution in [0.4, 0.5) is 17.1 Å². The first-order valence-corrected chi connectivity index (χ1v) is 24.8. The van der Waals surface area contributed by atoms with E-state index in [4.69, 9.17) is 4.74 Å². The summed E-state index contributed by atoms with van der Waals surface area (Å²) in [6, 6.07) is 95.3. The van der Waals surface area contributed by atoms with Gasteiger partial charge in [-0.1, -0.05) is 188 Å². The molecule has 0 amide bonds. The molecule has 1 spiro atoms. The Kier molecular flexibility index (Phi) is 9.33. The second kappa shape index (κ2) is 16.2. The van der Waals surface area contributed by atoms with E-state index in [0.717, 1.165) is 45.3 Å². The van der Waals surface area contributed by atoms with Crippen LogP contribution in [0.15, 0.2) is 261 Å². The summed E-state index contributed by atoms with van der Waals surface area (Å²) in [5.74, 6) is 1.79. The fourth-order valence-corrected chi connectivity index (χ4v) is 12.7. The summed E-state index contributed by atoms with van der Waals surface area (Å²) in [5, 5.41) is 3.73. The van der Waals surface area contributed by atoms with Crippen LogP contribution in [0.25, 0.3) is 75.8 Å². The van der Waals surface area contributed by atoms with E-state index in [2.05, 4.69) is 266 Å². The summed E-state index contributed by atoms with van der Waals surface area (Å²) in [7, 11) is 0. The van der Waals surface area contributed by atoms with E-state index in [-0.39, 0.29) is 0 Å². The molecule has 0 atom stereocenters. The van der Waals surface area contributed by atoms with Gasteiger partial charge in [0.1, 0.15) is 11.5 Å². The van der Waals surface area contributed by atoms with Gasteiger partial charge in [-0.25, -0.2) is 0 Å². The molecular formula is C67H43NOS. The van der Waals surface area contributed by atoms with Gasteiger partial charge in [-0.3, -0.25) is 0 Å². The van der Waals surface area contributed by atoms with E-state index in [1.165, 1.54) is 81.4 Å². The Morgan fingerprint density at radius 1 is 0.329 bits per heavy atom. The first kappa shape index (κ1) is 40.3. The summed E-state index contributed by atoms with van der Waals surface area (Å²) in [6.45, 7) is 0. The molecule has 1 aromatic heterocycles. The molecule has 0 radical (unpaired) electrons. The lowest BCUT2D eigenvalue weighted by Gasteiger charge is -2.39. The summed E-state index contributed by atoms with van der Waals surface area (Å²) in [5.41, 5.74) is 18.6. The third-order valence-corrected chi connectivity index (χ3v) is 15.7. The third-order valence-electron chi connectivity index (χ3n) is 14.5. The molecule has 0 saturated heterocycles. The lowest BCUT2D eigenvalue weighted by molar-refractivity contribution is 0.436. The first-order chi connectivity index (χ1) is 34.7. The SMILES string of the molecule is c1ccc(-c2cccc(-c3c(-c4ccc(N(c5ccccc5)c5cccc(-c6cccc7c6-c6cc8ccccc8cc6C76c7ccccc7Oc7ccccc76)c5)cc4)sc4ccccc34)c2)cc1. The van der Waals surface area contributed by atoms with Crippen LogP contribution in [0.3, 0.4) is 0 Å². The van der Waals surface area contributed by atoms with E-state index in [1.807, 2.05) is 11.3 Å². The van der Waals surface area contributed by atoms with Crippen LogP contribution >= 0.6 is 11.3 Å². The average Bonchev–Trinajstić information content (AvgIpc) is 3.95. The van der Waals surface area contributed by atoms with Gasteiger partial charge in [-0.15, -0.1) is 11.3 Å². The highest BCUT2D eigenvalue weighted by atomic mass is 32.1. The second-order valence-corrected chi connectivity index (χ2v) is 19.4. The highest BCUT2D eigenvalue weighted by Gasteiger charge is 2.51. The van der Waals surface area contributed by atoms with Gasteiger partial charge in [0.2, 0.25) is 0 Å². The lowest BCUT2D eigenvalue weighted by Crippen LogP contribution is -2.32. The molecular weight excluding hydrogens is 867 g/mol. The molecule has 2 heterocycles. The zero-order valence-electron chi connectivity index (χ0n) is 38.1. The number of thiophene rings is 1. The van der Waals surface area contributed by atoms with Crippen LogP contribution in [-0.4, -0.2) is 0 Å². The van der Waals surface area contributed by atoms with Crippen molar-refractivity contribution in [3.05, 3.63) is 283 Å². The van der Waals surface area contributed by atoms with Crippen molar-refractivity contribution in [3.63, 3.8) is 0 Å². The van der Waals surface area contributed by atoms with E-state index in [0.29, 0.717) is 0 Å². The minimum Gasteiger partial charge on any atom is -0.457 e. The molecule has 2 nitrogen and oxygen atoms in total. The zero-order chi connectivity index (χ0) is 46.2. The van der Waals surface area contributed by atoms with Crippen molar-refractivity contribution < 1.29 is 4.74 Å². The smallest absolute Gasteiger partial charge is 0.132 e. The zero-order valence-corrected chi connectivity index (χ0v) is 38.9. The molecule has 0 N–H and O–H groups in total. The molecule has 2 aliphatic rings. The van der Waals surface area contributed by atoms with Gasteiger partial charge in [0, 0.05) is 48.7 Å². The maximum atomic E-state index is 6.71. The average molecular weight is 910 g/mol. The standard InChI is InChI=1S/C67H43NOS/c1-3-18-44(19-4-1)46-22-15-24-50(40-46)64-55-28-9-14-35-63(55)70-66(64)45-36-38-52(39-37-45)68(51-25-5-2-6-26-51)53-27-16-23-49(41-53)54-29-17-32-59-65(54)56-42-47-20-7-8-21-48(47)43-60(56)67(59)57-30-10-12-33-61(57)69-62-34-13-11-31-58(62)67/h1-43H. The molecule has 0 saturated carbocycles. The van der Waals surface area contributed by atoms with Crippen molar-refractivity contribution in [2.24, 2.45) is 0 Å². The van der Waals surface area contributed by atoms with Crippen LogP contribution in [0, 0.1) is 0 Å². The largest absolute Gasteiger partial charge is 0.457 e. The number of para-hydroxylation sites is 3. The summed E-state index contributed by atoms with van der Waals surface area (Å²) < 4.78 is 7.99. The van der Waals surface area contributed by atoms with Crippen molar-refractivity contribution in [1.29, 1.82) is 0 Å². The van der Waals surface area contributed by atoms with Crippen molar-refractivity contribution in [3.8, 4) is 66.4 Å². The van der Waals surface area contributed by atoms with E-state index >= 15 is 0 Å². The Balaban J connectivity index is 0.916. The molecule has 12 aromatic rings. The number of ether oxygens (including phenoxy) is 1. The fraction of sp³-hybridized carbons (Fsp3) is 0.0149. The Labute approximate surface area is 411 Å². The van der Waals surface area contributed by atoms with Crippen molar-refractivity contribution in [2.45, 2.75) is 5.41 Å². The molecule has 0 fully saturated rings. The fourth-order valence-electron chi connectivity index (χ4n) is 11.5. The highest BCUT2D eigenvalue weighted by Crippen LogP contribution is 2.64. The van der Waals surface area contributed by atoms with Gasteiger partial charge >= 0.3 is 0 Å². The Morgan fingerprint density at radius 3 is 1.69 bits per heavy atom. The number of anilines is 3. The normalized spacial score (nSPS) is 12.8. The number of nitrogens with zero attached hydrogens (tertiary/aromatic N) is 1. The van der Waals surface area contributed by atoms with Crippen molar-refractivity contribution in [2.75, 3.05) is 4.90 Å². The summed E-state index contributed by atoms with van der Waals surface area (Å²) in [4.78, 5) is 3.66. The molecule has 11 aromatic carbocycles. The maximum Gasteiger partial charge on any atom is 0.132 e. The Hall–Kier alpha value is -8.76. The van der Waals surface area contributed by atoms with Crippen LogP contribution in [0.2, 0.25) is 0 Å². The topological polar surface area (TPSA) is 12.5 Å². The number of hydrogen-bond acceptors (Lipinski definition) is 3. The van der Waals surface area contributed by atoms with Crippen molar-refractivity contribution >= 4 is 49.3 Å². The molecule has 1 aliphatic heterocycles. The first-order valence-electron chi connectivity index (χ1n) is 24.0. The molecule has 0 bridgehead atoms. The predicted octanol–water partition coefficient (Wildman–Crippen LogP) is 18.7. The third kappa shape index (κ3) is 6.25. The molecule has 1 aliphatic carbocycles. The minimum absolute atomic E-state index is 0.579. The van der Waals surface area contributed by atoms with Gasteiger partial charge in [-0.05, 0) is 139 Å². The van der Waals surface area contributed by atoms with Gasteiger partial charge < -0.3 is 9.64 Å². The quantitative estimate of drug-likeness (QED) is 0.158. The molecule has 14 rings (SSSR count). The number of benzene rings is 11. The molecule has 328 valence electrons. The predicted molar refractivity (Wildman–Crippen MR) is 293 cm³/mol. The van der Waals surface area contributed by atoms with Gasteiger partial charge in [-0.2, -0.15) is 0 Å². The van der Waals surface area contributed by atoms with Crippen LogP contribution in [0.5, 0.6) is 11.5 Å². The highest BCUT2D eigenvalue weighted by molar-refractivity contribution is 7.23. The maximum absolute atomic E-state index is 6.71. The van der Waals surface area contributed by atoms with Gasteiger partial charge in [0.15, 0.2) is 0 Å². The Bertz CT molecular complexity index is 3940. The second-order valence-electron chi connectivity index (χ2n) is 18.3. The monoisotopic (exact) mass is 909 g/mol. The Morgan fingerprint density at radius 2 is 0.900 bits per heavy atom. The van der Waals surface area contributed by atoms with Gasteiger partial charge in [0.05, 0.1) is 5.41 Å². The number of hydrogen-bond donors (Lipinski definition) is 0. The van der Waals surface area contributed by atoms with E-state index in [1.54, 1.807) is 0 Å². The summed E-state index contributed by atoms with van der Waals surface area (Å²) >= 11 is 1.87. The molecule has 0 unspecified atom stereocenters. The molecule has 3 heteroatoms. The molecule has 70 heavy (non-hydrogen) atoms. The van der Waals surface area contributed by atoms with E-state index in [9.17, 15) is 0 Å². The van der Waals surface area contributed by atoms with Crippen LogP contribution in [0.1, 0.15) is 22.3 Å². The number of rotatable bonds is 7. The van der Waals surface area contributed by atoms with Crippen LogP contribution in [-0.2, 0) is 5.41 Å².